The van der Waals surface area contributed by atoms with E-state index in [-0.39, 0.29) is 18.5 Å². The molecule has 3 N–H and O–H groups in total. The van der Waals surface area contributed by atoms with Gasteiger partial charge in [0, 0.05) is 31.4 Å². The second kappa shape index (κ2) is 5.94. The van der Waals surface area contributed by atoms with Crippen LogP contribution >= 0.6 is 0 Å². The maximum atomic E-state index is 12.1. The van der Waals surface area contributed by atoms with E-state index < -0.39 is 12.0 Å². The van der Waals surface area contributed by atoms with Crippen LogP contribution in [-0.2, 0) is 11.2 Å². The number of carbonyl (C=O) groups excluding carboxylic acids is 1. The van der Waals surface area contributed by atoms with Gasteiger partial charge in [-0.25, -0.2) is 14.6 Å². The lowest BCUT2D eigenvalue weighted by Gasteiger charge is -2.26. The fourth-order valence-electron chi connectivity index (χ4n) is 2.15. The van der Waals surface area contributed by atoms with Crippen molar-refractivity contribution in [3.63, 3.8) is 0 Å². The Labute approximate surface area is 117 Å². The number of amides is 2. The molecule has 0 aliphatic heterocycles. The van der Waals surface area contributed by atoms with Gasteiger partial charge >= 0.3 is 12.0 Å². The summed E-state index contributed by atoms with van der Waals surface area (Å²) >= 11 is 0. The number of carboxylic acid groups (broad SMARTS) is 1. The summed E-state index contributed by atoms with van der Waals surface area (Å²) in [6.07, 6.45) is 5.49. The SMILES string of the molecule is CC(C1CC1)N(C)C(=O)NC(Cc1cnc[nH]1)C(=O)O. The Morgan fingerprint density at radius 2 is 2.30 bits per heavy atom. The Kier molecular flexibility index (Phi) is 4.26. The van der Waals surface area contributed by atoms with E-state index in [2.05, 4.69) is 15.3 Å². The van der Waals surface area contributed by atoms with Crippen LogP contribution in [0, 0.1) is 5.92 Å². The number of carbonyl (C=O) groups is 2. The molecule has 7 heteroatoms. The summed E-state index contributed by atoms with van der Waals surface area (Å²) < 4.78 is 0. The van der Waals surface area contributed by atoms with Gasteiger partial charge in [-0.15, -0.1) is 0 Å². The predicted octanol–water partition coefficient (Wildman–Crippen LogP) is 0.845. The van der Waals surface area contributed by atoms with Crippen LogP contribution < -0.4 is 5.32 Å². The monoisotopic (exact) mass is 280 g/mol. The number of aliphatic carboxylic acids is 1. The van der Waals surface area contributed by atoms with Gasteiger partial charge in [0.15, 0.2) is 0 Å². The maximum Gasteiger partial charge on any atom is 0.326 e. The Morgan fingerprint density at radius 1 is 1.60 bits per heavy atom. The number of imidazole rings is 1. The van der Waals surface area contributed by atoms with E-state index in [0.29, 0.717) is 11.6 Å². The fraction of sp³-hybridized carbons (Fsp3) is 0.615. The van der Waals surface area contributed by atoms with Crippen molar-refractivity contribution in [2.75, 3.05) is 7.05 Å². The molecule has 0 saturated heterocycles. The molecule has 20 heavy (non-hydrogen) atoms. The molecule has 1 heterocycles. The van der Waals surface area contributed by atoms with Gasteiger partial charge in [0.1, 0.15) is 6.04 Å². The topological polar surface area (TPSA) is 98.3 Å². The van der Waals surface area contributed by atoms with Crippen LogP contribution in [0.25, 0.3) is 0 Å². The first-order chi connectivity index (χ1) is 9.49. The van der Waals surface area contributed by atoms with Crippen LogP contribution in [-0.4, -0.2) is 51.1 Å². The van der Waals surface area contributed by atoms with Crippen molar-refractivity contribution in [2.45, 2.75) is 38.3 Å². The summed E-state index contributed by atoms with van der Waals surface area (Å²) in [6, 6.07) is -1.18. The lowest BCUT2D eigenvalue weighted by Crippen LogP contribution is -2.50. The summed E-state index contributed by atoms with van der Waals surface area (Å²) in [6.45, 7) is 1.99. The number of nitrogens with one attached hydrogen (secondary N) is 2. The van der Waals surface area contributed by atoms with Gasteiger partial charge in [-0.05, 0) is 25.7 Å². The van der Waals surface area contributed by atoms with Crippen molar-refractivity contribution in [1.82, 2.24) is 20.2 Å². The molecular weight excluding hydrogens is 260 g/mol. The number of urea groups is 1. The van der Waals surface area contributed by atoms with E-state index in [0.717, 1.165) is 12.8 Å². The average Bonchev–Trinajstić information content (AvgIpc) is 3.14. The van der Waals surface area contributed by atoms with Crippen molar-refractivity contribution in [2.24, 2.45) is 5.92 Å². The summed E-state index contributed by atoms with van der Waals surface area (Å²) in [4.78, 5) is 31.6. The highest BCUT2D eigenvalue weighted by Crippen LogP contribution is 2.34. The molecule has 2 atom stereocenters. The molecule has 1 saturated carbocycles. The van der Waals surface area contributed by atoms with E-state index in [1.807, 2.05) is 6.92 Å². The molecule has 1 aliphatic carbocycles. The number of aromatic amines is 1. The third-order valence-corrected chi connectivity index (χ3v) is 3.81. The minimum absolute atomic E-state index is 0.136. The fourth-order valence-corrected chi connectivity index (χ4v) is 2.15. The largest absolute Gasteiger partial charge is 0.480 e. The quantitative estimate of drug-likeness (QED) is 0.719. The molecule has 7 nitrogen and oxygen atoms in total. The summed E-state index contributed by atoms with van der Waals surface area (Å²) in [7, 11) is 1.70. The van der Waals surface area contributed by atoms with Crippen molar-refractivity contribution in [1.29, 1.82) is 0 Å². The van der Waals surface area contributed by atoms with Gasteiger partial charge in [0.2, 0.25) is 0 Å². The van der Waals surface area contributed by atoms with Crippen molar-refractivity contribution < 1.29 is 14.7 Å². The normalized spacial score (nSPS) is 17.3. The highest BCUT2D eigenvalue weighted by Gasteiger charge is 2.33. The molecule has 0 bridgehead atoms. The van der Waals surface area contributed by atoms with Gasteiger partial charge in [-0.2, -0.15) is 0 Å². The molecule has 1 fully saturated rings. The number of aromatic nitrogens is 2. The molecule has 1 aromatic heterocycles. The molecule has 2 unspecified atom stereocenters. The Hall–Kier alpha value is -2.05. The zero-order valence-electron chi connectivity index (χ0n) is 11.7. The van der Waals surface area contributed by atoms with Crippen LogP contribution in [0.5, 0.6) is 0 Å². The molecule has 2 rings (SSSR count). The summed E-state index contributed by atoms with van der Waals surface area (Å²) in [5.74, 6) is -0.512. The van der Waals surface area contributed by atoms with E-state index in [9.17, 15) is 14.7 Å². The number of hydrogen-bond donors (Lipinski definition) is 3. The van der Waals surface area contributed by atoms with Crippen LogP contribution in [0.3, 0.4) is 0 Å². The van der Waals surface area contributed by atoms with Crippen molar-refractivity contribution in [3.8, 4) is 0 Å². The third kappa shape index (κ3) is 3.49. The van der Waals surface area contributed by atoms with Gasteiger partial charge < -0.3 is 20.3 Å². The van der Waals surface area contributed by atoms with Crippen molar-refractivity contribution in [3.05, 3.63) is 18.2 Å². The van der Waals surface area contributed by atoms with Crippen molar-refractivity contribution >= 4 is 12.0 Å². The molecule has 1 aromatic rings. The van der Waals surface area contributed by atoms with Gasteiger partial charge in [-0.1, -0.05) is 0 Å². The standard InChI is InChI=1S/C13H20N4O3/c1-8(9-3-4-9)17(2)13(20)16-11(12(18)19)5-10-6-14-7-15-10/h6-9,11H,3-5H2,1-2H3,(H,14,15)(H,16,20)(H,18,19). The minimum atomic E-state index is -1.06. The number of rotatable bonds is 6. The molecule has 0 radical (unpaired) electrons. The molecule has 1 aliphatic rings. The second-order valence-electron chi connectivity index (χ2n) is 5.31. The number of nitrogens with zero attached hydrogens (tertiary/aromatic N) is 2. The van der Waals surface area contributed by atoms with E-state index in [1.165, 1.54) is 6.33 Å². The number of H-pyrrole nitrogens is 1. The van der Waals surface area contributed by atoms with Gasteiger partial charge in [0.05, 0.1) is 6.33 Å². The molecule has 2 amide bonds. The smallest absolute Gasteiger partial charge is 0.326 e. The second-order valence-corrected chi connectivity index (χ2v) is 5.31. The molecular formula is C13H20N4O3. The lowest BCUT2D eigenvalue weighted by atomic mass is 10.1. The Morgan fingerprint density at radius 3 is 2.80 bits per heavy atom. The average molecular weight is 280 g/mol. The molecule has 0 spiro atoms. The van der Waals surface area contributed by atoms with E-state index in [4.69, 9.17) is 0 Å². The van der Waals surface area contributed by atoms with E-state index in [1.54, 1.807) is 18.1 Å². The Balaban J connectivity index is 1.93. The summed E-state index contributed by atoms with van der Waals surface area (Å²) in [5, 5.41) is 11.8. The predicted molar refractivity (Wildman–Crippen MR) is 72.2 cm³/mol. The first-order valence-corrected chi connectivity index (χ1v) is 6.72. The van der Waals surface area contributed by atoms with E-state index >= 15 is 0 Å². The highest BCUT2D eigenvalue weighted by atomic mass is 16.4. The first kappa shape index (κ1) is 14.4. The van der Waals surface area contributed by atoms with Gasteiger partial charge in [0.25, 0.3) is 0 Å². The summed E-state index contributed by atoms with van der Waals surface area (Å²) in [5.41, 5.74) is 0.676. The highest BCUT2D eigenvalue weighted by molar-refractivity contribution is 5.82. The number of carboxylic acids is 1. The van der Waals surface area contributed by atoms with Crippen LogP contribution in [0.4, 0.5) is 4.79 Å². The zero-order chi connectivity index (χ0) is 14.7. The maximum absolute atomic E-state index is 12.1. The van der Waals surface area contributed by atoms with Crippen LogP contribution in [0.1, 0.15) is 25.5 Å². The zero-order valence-corrected chi connectivity index (χ0v) is 11.7. The Bertz CT molecular complexity index is 470. The molecule has 110 valence electrons. The minimum Gasteiger partial charge on any atom is -0.480 e. The van der Waals surface area contributed by atoms with Gasteiger partial charge in [-0.3, -0.25) is 0 Å². The van der Waals surface area contributed by atoms with Crippen LogP contribution in [0.2, 0.25) is 0 Å². The van der Waals surface area contributed by atoms with Crippen LogP contribution in [0.15, 0.2) is 12.5 Å². The first-order valence-electron chi connectivity index (χ1n) is 6.72. The molecule has 0 aromatic carbocycles. The number of hydrogen-bond acceptors (Lipinski definition) is 3. The third-order valence-electron chi connectivity index (χ3n) is 3.81. The lowest BCUT2D eigenvalue weighted by molar-refractivity contribution is -0.139.